The fourth-order valence-electron chi connectivity index (χ4n) is 4.35. The summed E-state index contributed by atoms with van der Waals surface area (Å²) in [4.78, 5) is 26.9. The first-order valence-electron chi connectivity index (χ1n) is 14.9. The molecule has 6 heteroatoms. The van der Waals surface area contributed by atoms with Crippen molar-refractivity contribution in [2.75, 3.05) is 0 Å². The van der Waals surface area contributed by atoms with Crippen molar-refractivity contribution in [1.29, 1.82) is 0 Å². The monoisotopic (exact) mass is 579 g/mol. The number of ketones is 1. The summed E-state index contributed by atoms with van der Waals surface area (Å²) in [5.74, 6) is 0.0539. The summed E-state index contributed by atoms with van der Waals surface area (Å²) < 4.78 is 12.8. The Bertz CT molecular complexity index is 1110. The summed E-state index contributed by atoms with van der Waals surface area (Å²) in [5.41, 5.74) is 1.56. The van der Waals surface area contributed by atoms with Crippen molar-refractivity contribution < 1.29 is 18.8 Å². The summed E-state index contributed by atoms with van der Waals surface area (Å²) in [5, 5.41) is 3.11. The van der Waals surface area contributed by atoms with Gasteiger partial charge >= 0.3 is 6.09 Å². The van der Waals surface area contributed by atoms with Gasteiger partial charge in [-0.05, 0) is 81.3 Å². The van der Waals surface area contributed by atoms with Crippen molar-refractivity contribution >= 4 is 20.2 Å². The van der Waals surface area contributed by atoms with Crippen LogP contribution >= 0.6 is 0 Å². The quantitative estimate of drug-likeness (QED) is 0.191. The number of allylic oxidation sites excluding steroid dienone is 2. The molecule has 0 unspecified atom stereocenters. The Morgan fingerprint density at radius 2 is 1.37 bits per heavy atom. The molecule has 0 saturated carbocycles. The topological polar surface area (TPSA) is 64.6 Å². The molecular formula is C35H53NO4Si. The molecule has 0 aliphatic rings. The van der Waals surface area contributed by atoms with E-state index in [0.29, 0.717) is 19.3 Å². The van der Waals surface area contributed by atoms with Gasteiger partial charge in [-0.1, -0.05) is 101 Å². The third-order valence-corrected chi connectivity index (χ3v) is 12.1. The number of ether oxygens (including phenoxy) is 1. The highest BCUT2D eigenvalue weighted by Crippen LogP contribution is 2.39. The Kier molecular flexibility index (Phi) is 12.6. The molecule has 3 atom stereocenters. The molecule has 1 amide bonds. The van der Waals surface area contributed by atoms with Crippen molar-refractivity contribution in [1.82, 2.24) is 5.32 Å². The van der Waals surface area contributed by atoms with Crippen molar-refractivity contribution in [2.24, 2.45) is 11.8 Å². The van der Waals surface area contributed by atoms with E-state index in [1.165, 1.54) is 0 Å². The van der Waals surface area contributed by atoms with E-state index in [4.69, 9.17) is 9.16 Å². The van der Waals surface area contributed by atoms with E-state index in [1.54, 1.807) is 6.08 Å². The zero-order valence-electron chi connectivity index (χ0n) is 27.0. The van der Waals surface area contributed by atoms with Gasteiger partial charge in [0, 0.05) is 5.92 Å². The molecule has 0 heterocycles. The van der Waals surface area contributed by atoms with Crippen LogP contribution in [0.25, 0.3) is 0 Å². The highest BCUT2D eigenvalue weighted by Gasteiger charge is 2.42. The van der Waals surface area contributed by atoms with Gasteiger partial charge in [-0.2, -0.15) is 0 Å². The number of benzene rings is 2. The van der Waals surface area contributed by atoms with Crippen LogP contribution in [0.5, 0.6) is 0 Å². The van der Waals surface area contributed by atoms with Gasteiger partial charge in [0.25, 0.3) is 0 Å². The largest absolute Gasteiger partial charge is 0.444 e. The number of rotatable bonds is 13. The van der Waals surface area contributed by atoms with Gasteiger partial charge in [0.15, 0.2) is 14.1 Å². The third-order valence-electron chi connectivity index (χ3n) is 7.59. The molecule has 41 heavy (non-hydrogen) atoms. The molecule has 0 fully saturated rings. The Labute approximate surface area is 250 Å². The highest BCUT2D eigenvalue weighted by molar-refractivity contribution is 6.74. The second-order valence-electron chi connectivity index (χ2n) is 14.0. The number of amides is 1. The van der Waals surface area contributed by atoms with Crippen molar-refractivity contribution in [3.05, 3.63) is 83.9 Å². The van der Waals surface area contributed by atoms with Crippen LogP contribution in [0.1, 0.15) is 72.9 Å². The Morgan fingerprint density at radius 3 is 1.83 bits per heavy atom. The van der Waals surface area contributed by atoms with Crippen LogP contribution in [0.3, 0.4) is 0 Å². The second-order valence-corrected chi connectivity index (χ2v) is 18.7. The Morgan fingerprint density at radius 1 is 0.854 bits per heavy atom. The molecule has 0 aliphatic carbocycles. The SMILES string of the molecule is CC(C)/C=C/C(=O)[C@H](Cc1ccccc1)C[C@H](O[Si](C)(C)C(C)(C)C)[C@H](Cc1ccccc1)NC(=O)OC(C)(C)C. The van der Waals surface area contributed by atoms with Gasteiger partial charge in [-0.15, -0.1) is 0 Å². The second kappa shape index (κ2) is 15.0. The molecule has 0 aromatic heterocycles. The maximum atomic E-state index is 13.7. The lowest BCUT2D eigenvalue weighted by Gasteiger charge is -2.42. The van der Waals surface area contributed by atoms with E-state index in [-0.39, 0.29) is 28.7 Å². The first-order chi connectivity index (χ1) is 19.0. The van der Waals surface area contributed by atoms with E-state index in [1.807, 2.05) is 63.2 Å². The van der Waals surface area contributed by atoms with E-state index < -0.39 is 26.1 Å². The van der Waals surface area contributed by atoms with E-state index in [0.717, 1.165) is 11.1 Å². The smallest absolute Gasteiger partial charge is 0.407 e. The highest BCUT2D eigenvalue weighted by atomic mass is 28.4. The van der Waals surface area contributed by atoms with E-state index >= 15 is 0 Å². The molecule has 2 rings (SSSR count). The van der Waals surface area contributed by atoms with E-state index in [2.05, 4.69) is 77.3 Å². The maximum Gasteiger partial charge on any atom is 0.407 e. The lowest BCUT2D eigenvalue weighted by Crippen LogP contribution is -2.54. The third kappa shape index (κ3) is 12.4. The van der Waals surface area contributed by atoms with Crippen LogP contribution in [0.2, 0.25) is 18.1 Å². The molecule has 5 nitrogen and oxygen atoms in total. The molecule has 226 valence electrons. The first kappa shape index (κ1) is 34.5. The minimum atomic E-state index is -2.30. The molecule has 1 N–H and O–H groups in total. The van der Waals surface area contributed by atoms with Gasteiger partial charge in [0.1, 0.15) is 5.60 Å². The van der Waals surface area contributed by atoms with Crippen LogP contribution < -0.4 is 5.32 Å². The number of hydrogen-bond acceptors (Lipinski definition) is 4. The Balaban J connectivity index is 2.56. The number of hydrogen-bond donors (Lipinski definition) is 1. The van der Waals surface area contributed by atoms with E-state index in [9.17, 15) is 9.59 Å². The van der Waals surface area contributed by atoms with Gasteiger partial charge in [0.2, 0.25) is 0 Å². The molecule has 0 bridgehead atoms. The zero-order valence-corrected chi connectivity index (χ0v) is 28.0. The van der Waals surface area contributed by atoms with Crippen molar-refractivity contribution in [3.63, 3.8) is 0 Å². The molecule has 2 aromatic rings. The maximum absolute atomic E-state index is 13.7. The van der Waals surface area contributed by atoms with Crippen LogP contribution in [-0.4, -0.2) is 37.9 Å². The number of carbonyl (C=O) groups is 2. The lowest BCUT2D eigenvalue weighted by atomic mass is 9.86. The average molecular weight is 580 g/mol. The standard InChI is InChI=1S/C35H53NO4Si/c1-26(2)21-22-31(37)29(23-27-17-13-11-14-18-27)25-32(40-41(9,10)35(6,7)8)30(24-28-19-15-12-16-20-28)36-33(38)39-34(3,4)5/h11-22,26,29-30,32H,23-25H2,1-10H3,(H,36,38)/b22-21+/t29-,30+,32+/m1/s1. The summed E-state index contributed by atoms with van der Waals surface area (Å²) >= 11 is 0. The van der Waals surface area contributed by atoms with Gasteiger partial charge in [-0.25, -0.2) is 4.79 Å². The molecule has 0 aliphatic heterocycles. The van der Waals surface area contributed by atoms with Gasteiger partial charge in [-0.3, -0.25) is 4.79 Å². The van der Waals surface area contributed by atoms with Crippen LogP contribution in [0.4, 0.5) is 4.79 Å². The van der Waals surface area contributed by atoms with Crippen molar-refractivity contribution in [2.45, 2.75) is 111 Å². The number of carbonyl (C=O) groups excluding carboxylic acids is 2. The predicted molar refractivity (Wildman–Crippen MR) is 173 cm³/mol. The summed E-state index contributed by atoms with van der Waals surface area (Å²) in [6.07, 6.45) is 4.47. The number of nitrogens with one attached hydrogen (secondary N) is 1. The Hall–Kier alpha value is -2.70. The summed E-state index contributed by atoms with van der Waals surface area (Å²) in [7, 11) is -2.30. The zero-order chi connectivity index (χ0) is 30.8. The van der Waals surface area contributed by atoms with Crippen LogP contribution in [0, 0.1) is 11.8 Å². The number of alkyl carbamates (subject to hydrolysis) is 1. The fraction of sp³-hybridized carbons (Fsp3) is 0.543. The summed E-state index contributed by atoms with van der Waals surface area (Å²) in [6, 6.07) is 19.9. The van der Waals surface area contributed by atoms with Crippen LogP contribution in [0.15, 0.2) is 72.8 Å². The van der Waals surface area contributed by atoms with Crippen molar-refractivity contribution in [3.8, 4) is 0 Å². The molecule has 2 aromatic carbocycles. The average Bonchev–Trinajstić information content (AvgIpc) is 2.85. The predicted octanol–water partition coefficient (Wildman–Crippen LogP) is 8.54. The normalized spacial score (nSPS) is 15.0. The molecule has 0 radical (unpaired) electrons. The minimum Gasteiger partial charge on any atom is -0.444 e. The first-order valence-corrected chi connectivity index (χ1v) is 17.8. The molecule has 0 saturated heterocycles. The lowest BCUT2D eigenvalue weighted by molar-refractivity contribution is -0.119. The molecule has 0 spiro atoms. The minimum absolute atomic E-state index is 0.0506. The fourth-order valence-corrected chi connectivity index (χ4v) is 5.73. The van der Waals surface area contributed by atoms with Gasteiger partial charge < -0.3 is 14.5 Å². The van der Waals surface area contributed by atoms with Gasteiger partial charge in [0.05, 0.1) is 12.1 Å². The van der Waals surface area contributed by atoms with Crippen LogP contribution in [-0.2, 0) is 26.8 Å². The molecular weight excluding hydrogens is 526 g/mol. The summed E-state index contributed by atoms with van der Waals surface area (Å²) in [6.45, 7) is 20.8.